The van der Waals surface area contributed by atoms with Crippen molar-refractivity contribution in [3.05, 3.63) is 79.9 Å². The Balaban J connectivity index is 2.78. The van der Waals surface area contributed by atoms with Crippen molar-refractivity contribution in [1.29, 1.82) is 5.26 Å². The Morgan fingerprint density at radius 3 is 2.30 bits per heavy atom. The summed E-state index contributed by atoms with van der Waals surface area (Å²) in [7, 11) is 0. The van der Waals surface area contributed by atoms with Gasteiger partial charge in [0.2, 0.25) is 0 Å². The zero-order valence-corrected chi connectivity index (χ0v) is 17.6. The number of rotatable bonds is 5. The third kappa shape index (κ3) is 4.91. The first-order valence-electron chi connectivity index (χ1n) is 8.88. The molecule has 0 amide bonds. The van der Waals surface area contributed by atoms with Crippen molar-refractivity contribution < 1.29 is 19.2 Å². The molecular weight excluding hydrogens is 408 g/mol. The number of carbonyl (C=O) groups excluding carboxylic acids is 2. The van der Waals surface area contributed by atoms with E-state index in [4.69, 9.17) is 16.3 Å². The summed E-state index contributed by atoms with van der Waals surface area (Å²) in [6, 6.07) is 12.0. The summed E-state index contributed by atoms with van der Waals surface area (Å²) in [4.78, 5) is 36.6. The number of nitro benzene ring substituents is 1. The fraction of sp³-hybridized carbons (Fsp3) is 0.227. The number of esters is 1. The van der Waals surface area contributed by atoms with Crippen LogP contribution in [0.3, 0.4) is 0 Å². The van der Waals surface area contributed by atoms with Gasteiger partial charge in [-0.05, 0) is 30.7 Å². The van der Waals surface area contributed by atoms with Crippen LogP contribution < -0.4 is 0 Å². The Morgan fingerprint density at radius 1 is 1.13 bits per heavy atom. The summed E-state index contributed by atoms with van der Waals surface area (Å²) >= 11 is 5.88. The molecule has 0 unspecified atom stereocenters. The van der Waals surface area contributed by atoms with Crippen LogP contribution in [0.4, 0.5) is 5.69 Å². The van der Waals surface area contributed by atoms with Crippen LogP contribution in [0.1, 0.15) is 42.3 Å². The Hall–Kier alpha value is -3.50. The fourth-order valence-electron chi connectivity index (χ4n) is 2.62. The molecule has 0 aliphatic rings. The minimum absolute atomic E-state index is 0.0793. The average molecular weight is 427 g/mol. The van der Waals surface area contributed by atoms with Crippen LogP contribution in [-0.4, -0.2) is 16.7 Å². The van der Waals surface area contributed by atoms with E-state index >= 15 is 0 Å². The molecule has 0 heterocycles. The summed E-state index contributed by atoms with van der Waals surface area (Å²) in [5, 5.41) is 21.4. The lowest BCUT2D eigenvalue weighted by atomic mass is 9.85. The SMILES string of the molecule is Cc1ccccc1C(=O)O/C(=C(/C#N)C(=O)C(C)(C)C)c1ccc(Cl)cc1[N+](=O)[O-]. The number of ether oxygens (including phenoxy) is 1. The van der Waals surface area contributed by atoms with E-state index in [1.165, 1.54) is 18.2 Å². The van der Waals surface area contributed by atoms with E-state index in [2.05, 4.69) is 0 Å². The van der Waals surface area contributed by atoms with Gasteiger partial charge in [0.05, 0.1) is 16.1 Å². The van der Waals surface area contributed by atoms with Gasteiger partial charge in [-0.2, -0.15) is 5.26 Å². The van der Waals surface area contributed by atoms with Crippen molar-refractivity contribution in [3.63, 3.8) is 0 Å². The minimum atomic E-state index is -0.993. The quantitative estimate of drug-likeness (QED) is 0.161. The molecule has 0 aliphatic heterocycles. The van der Waals surface area contributed by atoms with E-state index in [-0.39, 0.29) is 16.1 Å². The van der Waals surface area contributed by atoms with Crippen LogP contribution in [0.15, 0.2) is 48.0 Å². The molecule has 154 valence electrons. The normalized spacial score (nSPS) is 11.9. The molecule has 2 aromatic rings. The second-order valence-electron chi connectivity index (χ2n) is 7.52. The number of ketones is 1. The molecule has 0 saturated carbocycles. The maximum absolute atomic E-state index is 12.9. The number of nitriles is 1. The second kappa shape index (κ2) is 8.89. The lowest BCUT2D eigenvalue weighted by molar-refractivity contribution is -0.385. The summed E-state index contributed by atoms with van der Waals surface area (Å²) in [6.45, 7) is 6.45. The van der Waals surface area contributed by atoms with E-state index in [0.29, 0.717) is 5.56 Å². The highest BCUT2D eigenvalue weighted by atomic mass is 35.5. The smallest absolute Gasteiger partial charge is 0.343 e. The molecule has 0 aliphatic carbocycles. The van der Waals surface area contributed by atoms with Gasteiger partial charge in [-0.25, -0.2) is 4.79 Å². The van der Waals surface area contributed by atoms with Crippen molar-refractivity contribution >= 4 is 34.8 Å². The van der Waals surface area contributed by atoms with E-state index < -0.39 is 39.1 Å². The van der Waals surface area contributed by atoms with Crippen molar-refractivity contribution in [3.8, 4) is 6.07 Å². The van der Waals surface area contributed by atoms with Crippen LogP contribution in [0.2, 0.25) is 5.02 Å². The second-order valence-corrected chi connectivity index (χ2v) is 7.95. The minimum Gasteiger partial charge on any atom is -0.420 e. The number of hydrogen-bond donors (Lipinski definition) is 0. The molecule has 0 N–H and O–H groups in total. The summed E-state index contributed by atoms with van der Waals surface area (Å²) in [5.41, 5.74) is -1.37. The fourth-order valence-corrected chi connectivity index (χ4v) is 2.78. The van der Waals surface area contributed by atoms with Gasteiger partial charge < -0.3 is 4.74 Å². The molecule has 0 fully saturated rings. The van der Waals surface area contributed by atoms with Gasteiger partial charge in [0.25, 0.3) is 5.69 Å². The van der Waals surface area contributed by atoms with Gasteiger partial charge in [0, 0.05) is 16.5 Å². The molecule has 2 aromatic carbocycles. The van der Waals surface area contributed by atoms with Crippen LogP contribution in [0.25, 0.3) is 5.76 Å². The zero-order valence-electron chi connectivity index (χ0n) is 16.9. The number of nitro groups is 1. The summed E-state index contributed by atoms with van der Waals surface area (Å²) < 4.78 is 5.45. The lowest BCUT2D eigenvalue weighted by Crippen LogP contribution is -2.23. The van der Waals surface area contributed by atoms with E-state index in [9.17, 15) is 25.0 Å². The molecule has 0 spiro atoms. The Kier molecular flexibility index (Phi) is 6.75. The van der Waals surface area contributed by atoms with Crippen LogP contribution in [0.5, 0.6) is 0 Å². The van der Waals surface area contributed by atoms with Gasteiger partial charge in [0.1, 0.15) is 11.6 Å². The molecule has 0 bridgehead atoms. The van der Waals surface area contributed by atoms with Crippen molar-refractivity contribution in [2.24, 2.45) is 5.41 Å². The Bertz CT molecular complexity index is 1110. The van der Waals surface area contributed by atoms with E-state index in [1.807, 2.05) is 0 Å². The molecule has 0 radical (unpaired) electrons. The third-order valence-electron chi connectivity index (χ3n) is 4.21. The number of halogens is 1. The largest absolute Gasteiger partial charge is 0.420 e. The molecule has 0 saturated heterocycles. The van der Waals surface area contributed by atoms with Gasteiger partial charge in [-0.1, -0.05) is 50.6 Å². The van der Waals surface area contributed by atoms with E-state index in [1.54, 1.807) is 52.0 Å². The predicted octanol–water partition coefficient (Wildman–Crippen LogP) is 5.26. The number of hydrogen-bond acceptors (Lipinski definition) is 6. The monoisotopic (exact) mass is 426 g/mol. The van der Waals surface area contributed by atoms with Gasteiger partial charge in [0.15, 0.2) is 11.5 Å². The number of benzene rings is 2. The van der Waals surface area contributed by atoms with Gasteiger partial charge in [-0.3, -0.25) is 14.9 Å². The number of nitrogens with zero attached hydrogens (tertiary/aromatic N) is 2. The first-order chi connectivity index (χ1) is 14.0. The molecule has 0 aromatic heterocycles. The van der Waals surface area contributed by atoms with Gasteiger partial charge in [-0.15, -0.1) is 0 Å². The van der Waals surface area contributed by atoms with Crippen molar-refractivity contribution in [2.45, 2.75) is 27.7 Å². The topological polar surface area (TPSA) is 110 Å². The lowest BCUT2D eigenvalue weighted by Gasteiger charge is -2.18. The Labute approximate surface area is 178 Å². The average Bonchev–Trinajstić information content (AvgIpc) is 2.67. The maximum Gasteiger partial charge on any atom is 0.343 e. The highest BCUT2D eigenvalue weighted by Gasteiger charge is 2.33. The number of allylic oxidation sites excluding steroid dienone is 1. The number of carbonyl (C=O) groups is 2. The zero-order chi connectivity index (χ0) is 22.6. The van der Waals surface area contributed by atoms with Crippen LogP contribution >= 0.6 is 11.6 Å². The standard InChI is InChI=1S/C22H19ClN2O5/c1-13-7-5-6-8-15(13)21(27)30-19(17(12-24)20(26)22(2,3)4)16-10-9-14(23)11-18(16)25(28)29/h5-11H,1-4H3/b19-17-. The predicted molar refractivity (Wildman–Crippen MR) is 112 cm³/mol. The molecular formula is C22H19ClN2O5. The van der Waals surface area contributed by atoms with Crippen molar-refractivity contribution in [2.75, 3.05) is 0 Å². The van der Waals surface area contributed by atoms with Crippen LogP contribution in [-0.2, 0) is 9.53 Å². The maximum atomic E-state index is 12.9. The molecule has 2 rings (SSSR count). The summed E-state index contributed by atoms with van der Waals surface area (Å²) in [5.74, 6) is -1.95. The summed E-state index contributed by atoms with van der Waals surface area (Å²) in [6.07, 6.45) is 0. The van der Waals surface area contributed by atoms with Crippen LogP contribution in [0, 0.1) is 33.8 Å². The third-order valence-corrected chi connectivity index (χ3v) is 4.44. The number of Topliss-reactive ketones (excluding diaryl/α,β-unsaturated/α-hetero) is 1. The molecule has 0 atom stereocenters. The Morgan fingerprint density at radius 2 is 1.77 bits per heavy atom. The molecule has 30 heavy (non-hydrogen) atoms. The first kappa shape index (κ1) is 22.8. The number of aryl methyl sites for hydroxylation is 1. The molecule has 7 nitrogen and oxygen atoms in total. The van der Waals surface area contributed by atoms with E-state index in [0.717, 1.165) is 6.07 Å². The van der Waals surface area contributed by atoms with Gasteiger partial charge >= 0.3 is 5.97 Å². The first-order valence-corrected chi connectivity index (χ1v) is 9.26. The highest BCUT2D eigenvalue weighted by Crippen LogP contribution is 2.34. The van der Waals surface area contributed by atoms with Crippen molar-refractivity contribution in [1.82, 2.24) is 0 Å². The molecule has 8 heteroatoms. The highest BCUT2D eigenvalue weighted by molar-refractivity contribution is 6.30.